The molecule has 0 bridgehead atoms. The maximum Gasteiger partial charge on any atom is 0.220 e. The number of unbranched alkanes of at least 4 members (excludes halogenated alkanes) is 26. The molecular weight excluding hydrogens is 983 g/mol. The molecule has 1 aliphatic rings. The van der Waals surface area contributed by atoms with E-state index in [1.165, 1.54) is 128 Å². The molecule has 0 spiro atoms. The largest absolute Gasteiger partial charge is 0.394 e. The minimum absolute atomic E-state index is 0.201. The van der Waals surface area contributed by atoms with Crippen molar-refractivity contribution in [1.29, 1.82) is 0 Å². The van der Waals surface area contributed by atoms with Crippen molar-refractivity contribution < 1.29 is 39.8 Å². The Balaban J connectivity index is 2.23. The van der Waals surface area contributed by atoms with Gasteiger partial charge in [0, 0.05) is 6.42 Å². The van der Waals surface area contributed by atoms with Gasteiger partial charge >= 0.3 is 0 Å². The molecule has 6 N–H and O–H groups in total. The van der Waals surface area contributed by atoms with Crippen LogP contribution in [0.3, 0.4) is 0 Å². The first-order chi connectivity index (χ1) is 38.8. The van der Waals surface area contributed by atoms with Crippen LogP contribution in [0.4, 0.5) is 0 Å². The van der Waals surface area contributed by atoms with Crippen molar-refractivity contribution >= 4 is 5.91 Å². The van der Waals surface area contributed by atoms with Gasteiger partial charge in [0.05, 0.1) is 25.4 Å². The molecule has 7 unspecified atom stereocenters. The van der Waals surface area contributed by atoms with Gasteiger partial charge in [-0.1, -0.05) is 270 Å². The predicted molar refractivity (Wildman–Crippen MR) is 336 cm³/mol. The standard InChI is InChI=1S/C70H119NO8/c1-3-5-7-9-11-13-15-17-19-21-23-25-27-29-30-31-32-33-34-36-38-40-42-44-46-48-50-52-54-56-58-60-66(74)71-63(62-78-70-69(77)68(76)67(75)65(61-72)79-70)64(73)59-57-55-53-51-49-47-45-43-41-39-37-35-28-26-24-22-20-18-16-14-12-10-8-6-4-2/h5,7,11,13,17,19,23,25,29-30,32-33,36,38,41,43,49,51,57,59,63-65,67-70,72-73,75-77H,3-4,6,8-10,12,14-16,18,20-22,24,26-28,31,34-35,37,39-40,42,44-48,50,52-56,58,60-62H2,1-2H3,(H,71,74)/b7-5-,13-11-,19-17-,25-23-,30-29-,33-32-,38-36-,43-41+,51-49+,59-57+. The zero-order valence-corrected chi connectivity index (χ0v) is 50.3. The number of aliphatic hydroxyl groups excluding tert-OH is 5. The lowest BCUT2D eigenvalue weighted by molar-refractivity contribution is -0.302. The van der Waals surface area contributed by atoms with E-state index >= 15 is 0 Å². The van der Waals surface area contributed by atoms with Gasteiger partial charge in [0.25, 0.3) is 0 Å². The van der Waals surface area contributed by atoms with E-state index in [0.29, 0.717) is 6.42 Å². The normalized spacial score (nSPS) is 19.4. The molecule has 1 rings (SSSR count). The van der Waals surface area contributed by atoms with E-state index in [-0.39, 0.29) is 12.5 Å². The number of amides is 1. The number of hydrogen-bond donors (Lipinski definition) is 6. The highest BCUT2D eigenvalue weighted by molar-refractivity contribution is 5.76. The van der Waals surface area contributed by atoms with Crippen molar-refractivity contribution in [3.63, 3.8) is 0 Å². The fraction of sp³-hybridized carbons (Fsp3) is 0.700. The summed E-state index contributed by atoms with van der Waals surface area (Å²) in [6.07, 6.45) is 79.9. The summed E-state index contributed by atoms with van der Waals surface area (Å²) in [5.41, 5.74) is 0. The topological polar surface area (TPSA) is 149 Å². The van der Waals surface area contributed by atoms with Crippen LogP contribution >= 0.6 is 0 Å². The second-order valence-corrected chi connectivity index (χ2v) is 21.8. The molecule has 9 nitrogen and oxygen atoms in total. The minimum atomic E-state index is -1.58. The number of ether oxygens (including phenoxy) is 2. The third-order valence-corrected chi connectivity index (χ3v) is 14.5. The Morgan fingerprint density at radius 3 is 1.22 bits per heavy atom. The van der Waals surface area contributed by atoms with E-state index in [9.17, 15) is 30.3 Å². The van der Waals surface area contributed by atoms with E-state index in [2.05, 4.69) is 129 Å². The lowest BCUT2D eigenvalue weighted by atomic mass is 9.99. The molecule has 9 heteroatoms. The fourth-order valence-corrected chi connectivity index (χ4v) is 9.46. The average molecular weight is 1100 g/mol. The number of rotatable bonds is 54. The Labute approximate surface area is 484 Å². The summed E-state index contributed by atoms with van der Waals surface area (Å²) in [7, 11) is 0. The first-order valence-electron chi connectivity index (χ1n) is 32.3. The second-order valence-electron chi connectivity index (χ2n) is 21.8. The molecular formula is C70H119NO8. The minimum Gasteiger partial charge on any atom is -0.394 e. The van der Waals surface area contributed by atoms with Crippen molar-refractivity contribution in [3.05, 3.63) is 122 Å². The van der Waals surface area contributed by atoms with Crippen molar-refractivity contribution in [3.8, 4) is 0 Å². The molecule has 0 aliphatic carbocycles. The molecule has 7 atom stereocenters. The van der Waals surface area contributed by atoms with Gasteiger partial charge in [-0.3, -0.25) is 4.79 Å². The van der Waals surface area contributed by atoms with E-state index in [4.69, 9.17) is 9.47 Å². The zero-order valence-electron chi connectivity index (χ0n) is 50.3. The number of carbonyl (C=O) groups excluding carboxylic acids is 1. The third kappa shape index (κ3) is 46.9. The van der Waals surface area contributed by atoms with Gasteiger partial charge in [0.1, 0.15) is 24.4 Å². The average Bonchev–Trinajstić information content (AvgIpc) is 3.47. The molecule has 452 valence electrons. The molecule has 79 heavy (non-hydrogen) atoms. The fourth-order valence-electron chi connectivity index (χ4n) is 9.46. The summed E-state index contributed by atoms with van der Waals surface area (Å²) >= 11 is 0. The van der Waals surface area contributed by atoms with Crippen LogP contribution in [-0.4, -0.2) is 87.5 Å². The van der Waals surface area contributed by atoms with Gasteiger partial charge in [0.15, 0.2) is 6.29 Å². The molecule has 0 aromatic rings. The quantitative estimate of drug-likeness (QED) is 0.0261. The van der Waals surface area contributed by atoms with Crippen molar-refractivity contribution in [1.82, 2.24) is 5.32 Å². The van der Waals surface area contributed by atoms with E-state index in [1.54, 1.807) is 6.08 Å². The molecule has 1 aliphatic heterocycles. The van der Waals surface area contributed by atoms with Gasteiger partial charge < -0.3 is 40.3 Å². The van der Waals surface area contributed by atoms with Crippen LogP contribution in [0.15, 0.2) is 122 Å². The third-order valence-electron chi connectivity index (χ3n) is 14.5. The molecule has 0 aromatic heterocycles. The van der Waals surface area contributed by atoms with Crippen molar-refractivity contribution in [2.24, 2.45) is 0 Å². The highest BCUT2D eigenvalue weighted by atomic mass is 16.7. The highest BCUT2D eigenvalue weighted by Crippen LogP contribution is 2.23. The summed E-state index contributed by atoms with van der Waals surface area (Å²) < 4.78 is 11.3. The predicted octanol–water partition coefficient (Wildman–Crippen LogP) is 17.1. The van der Waals surface area contributed by atoms with Gasteiger partial charge in [0.2, 0.25) is 5.91 Å². The number of allylic oxidation sites excluding steroid dienone is 19. The molecule has 1 amide bonds. The summed E-state index contributed by atoms with van der Waals surface area (Å²) in [5.74, 6) is -0.201. The zero-order chi connectivity index (χ0) is 57.2. The Bertz CT molecular complexity index is 1660. The Morgan fingerprint density at radius 2 is 0.797 bits per heavy atom. The number of carbonyl (C=O) groups is 1. The van der Waals surface area contributed by atoms with E-state index in [0.717, 1.165) is 109 Å². The van der Waals surface area contributed by atoms with Gasteiger partial charge in [-0.25, -0.2) is 0 Å². The molecule has 0 radical (unpaired) electrons. The SMILES string of the molecule is CC/C=C\C/C=C\C/C=C\C/C=C\C/C=C\C/C=C\C/C=C\CCCCCCCCCCCC(=O)NC(COC1OC(CO)C(O)C(O)C1O)C(O)/C=C/CC/C=C/CC/C=C/CCCCCCCCCCCCCCCCC. The molecule has 1 saturated heterocycles. The smallest absolute Gasteiger partial charge is 0.220 e. The molecule has 1 fully saturated rings. The van der Waals surface area contributed by atoms with Crippen molar-refractivity contribution in [2.45, 2.75) is 301 Å². The molecule has 1 heterocycles. The van der Waals surface area contributed by atoms with E-state index < -0.39 is 49.5 Å². The van der Waals surface area contributed by atoms with Crippen LogP contribution in [0, 0.1) is 0 Å². The summed E-state index contributed by atoms with van der Waals surface area (Å²) in [4.78, 5) is 13.1. The second kappa shape index (κ2) is 57.8. The van der Waals surface area contributed by atoms with Crippen LogP contribution < -0.4 is 5.32 Å². The lowest BCUT2D eigenvalue weighted by Crippen LogP contribution is -2.60. The first kappa shape index (κ1) is 73.6. The monoisotopic (exact) mass is 1100 g/mol. The Kier molecular flexibility index (Phi) is 53.9. The highest BCUT2D eigenvalue weighted by Gasteiger charge is 2.44. The first-order valence-corrected chi connectivity index (χ1v) is 32.3. The maximum atomic E-state index is 13.1. The number of nitrogens with one attached hydrogen (secondary N) is 1. The van der Waals surface area contributed by atoms with Gasteiger partial charge in [-0.05, 0) is 103 Å². The van der Waals surface area contributed by atoms with Crippen LogP contribution in [0.5, 0.6) is 0 Å². The van der Waals surface area contributed by atoms with E-state index in [1.807, 2.05) is 6.08 Å². The van der Waals surface area contributed by atoms with Gasteiger partial charge in [-0.15, -0.1) is 0 Å². The number of hydrogen-bond acceptors (Lipinski definition) is 8. The molecule has 0 aromatic carbocycles. The number of aliphatic hydroxyl groups is 5. The maximum absolute atomic E-state index is 13.1. The Morgan fingerprint density at radius 1 is 0.443 bits per heavy atom. The summed E-state index contributed by atoms with van der Waals surface area (Å²) in [5, 5.41) is 54.6. The van der Waals surface area contributed by atoms with Crippen LogP contribution in [0.2, 0.25) is 0 Å². The van der Waals surface area contributed by atoms with Gasteiger partial charge in [-0.2, -0.15) is 0 Å². The van der Waals surface area contributed by atoms with Crippen LogP contribution in [0.1, 0.15) is 258 Å². The summed E-state index contributed by atoms with van der Waals surface area (Å²) in [6.45, 7) is 3.65. The molecule has 0 saturated carbocycles. The van der Waals surface area contributed by atoms with Crippen LogP contribution in [-0.2, 0) is 14.3 Å². The Hall–Kier alpha value is -3.41. The lowest BCUT2D eigenvalue weighted by Gasteiger charge is -2.40. The van der Waals surface area contributed by atoms with Crippen LogP contribution in [0.25, 0.3) is 0 Å². The summed E-state index contributed by atoms with van der Waals surface area (Å²) in [6, 6.07) is -0.842. The van der Waals surface area contributed by atoms with Crippen molar-refractivity contribution in [2.75, 3.05) is 13.2 Å².